The molecule has 0 saturated heterocycles. The fourth-order valence-corrected chi connectivity index (χ4v) is 2.56. The summed E-state index contributed by atoms with van der Waals surface area (Å²) in [6, 6.07) is 7.66. The zero-order valence-corrected chi connectivity index (χ0v) is 13.0. The SMILES string of the molecule is CCc1ccc(Oc2ncc(Br)cc2Br)c(N)c1. The molecule has 0 aliphatic rings. The Morgan fingerprint density at radius 3 is 2.67 bits per heavy atom. The van der Waals surface area contributed by atoms with Crippen LogP contribution in [0, 0.1) is 0 Å². The van der Waals surface area contributed by atoms with Crippen molar-refractivity contribution in [1.82, 2.24) is 4.98 Å². The van der Waals surface area contributed by atoms with Gasteiger partial charge in [-0.25, -0.2) is 4.98 Å². The average Bonchev–Trinajstić information content (AvgIpc) is 2.34. The van der Waals surface area contributed by atoms with Gasteiger partial charge in [0.15, 0.2) is 5.75 Å². The predicted molar refractivity (Wildman–Crippen MR) is 79.9 cm³/mol. The zero-order valence-electron chi connectivity index (χ0n) is 9.78. The van der Waals surface area contributed by atoms with Crippen molar-refractivity contribution in [2.24, 2.45) is 0 Å². The number of rotatable bonds is 3. The van der Waals surface area contributed by atoms with E-state index >= 15 is 0 Å². The first-order valence-electron chi connectivity index (χ1n) is 5.47. The summed E-state index contributed by atoms with van der Waals surface area (Å²) >= 11 is 6.74. The van der Waals surface area contributed by atoms with Crippen molar-refractivity contribution in [2.45, 2.75) is 13.3 Å². The summed E-state index contributed by atoms with van der Waals surface area (Å²) in [5.74, 6) is 1.11. The van der Waals surface area contributed by atoms with Crippen LogP contribution in [0.1, 0.15) is 12.5 Å². The predicted octanol–water partition coefficient (Wildman–Crippen LogP) is 4.54. The van der Waals surface area contributed by atoms with Gasteiger partial charge in [-0.05, 0) is 62.0 Å². The lowest BCUT2D eigenvalue weighted by atomic mass is 10.1. The van der Waals surface area contributed by atoms with E-state index in [2.05, 4.69) is 43.8 Å². The second-order valence-corrected chi connectivity index (χ2v) is 5.54. The summed E-state index contributed by atoms with van der Waals surface area (Å²) in [5.41, 5.74) is 7.75. The van der Waals surface area contributed by atoms with Gasteiger partial charge in [0.05, 0.1) is 10.2 Å². The normalized spacial score (nSPS) is 10.4. The van der Waals surface area contributed by atoms with Crippen LogP contribution in [0.25, 0.3) is 0 Å². The molecule has 0 radical (unpaired) electrons. The van der Waals surface area contributed by atoms with Crippen LogP contribution in [0.5, 0.6) is 11.6 Å². The van der Waals surface area contributed by atoms with Gasteiger partial charge in [-0.3, -0.25) is 0 Å². The zero-order chi connectivity index (χ0) is 13.1. The third kappa shape index (κ3) is 3.03. The van der Waals surface area contributed by atoms with Gasteiger partial charge in [-0.1, -0.05) is 13.0 Å². The molecule has 0 unspecified atom stereocenters. The maximum absolute atomic E-state index is 5.95. The van der Waals surface area contributed by atoms with Crippen molar-refractivity contribution in [3.05, 3.63) is 45.0 Å². The van der Waals surface area contributed by atoms with Gasteiger partial charge < -0.3 is 10.5 Å². The molecular formula is C13H12Br2N2O. The number of nitrogens with two attached hydrogens (primary N) is 1. The van der Waals surface area contributed by atoms with E-state index in [1.165, 1.54) is 5.56 Å². The first kappa shape index (κ1) is 13.4. The summed E-state index contributed by atoms with van der Waals surface area (Å²) < 4.78 is 7.35. The second-order valence-electron chi connectivity index (χ2n) is 3.77. The molecule has 1 heterocycles. The monoisotopic (exact) mass is 370 g/mol. The Morgan fingerprint density at radius 1 is 1.28 bits per heavy atom. The molecule has 0 bridgehead atoms. The largest absolute Gasteiger partial charge is 0.436 e. The minimum absolute atomic E-state index is 0.495. The van der Waals surface area contributed by atoms with Gasteiger partial charge in [0, 0.05) is 10.7 Å². The number of anilines is 1. The lowest BCUT2D eigenvalue weighted by Gasteiger charge is -2.10. The van der Waals surface area contributed by atoms with Crippen molar-refractivity contribution in [3.8, 4) is 11.6 Å². The van der Waals surface area contributed by atoms with Gasteiger partial charge in [-0.15, -0.1) is 0 Å². The molecule has 0 aliphatic heterocycles. The molecule has 0 spiro atoms. The van der Waals surface area contributed by atoms with Crippen LogP contribution in [0.3, 0.4) is 0 Å². The summed E-state index contributed by atoms with van der Waals surface area (Å²) in [6.07, 6.45) is 2.63. The van der Waals surface area contributed by atoms with Crippen LogP contribution in [0.4, 0.5) is 5.69 Å². The lowest BCUT2D eigenvalue weighted by Crippen LogP contribution is -1.95. The molecule has 18 heavy (non-hydrogen) atoms. The highest BCUT2D eigenvalue weighted by molar-refractivity contribution is 9.11. The minimum atomic E-state index is 0.495. The third-order valence-corrected chi connectivity index (χ3v) is 3.46. The van der Waals surface area contributed by atoms with E-state index in [-0.39, 0.29) is 0 Å². The van der Waals surface area contributed by atoms with Crippen LogP contribution in [0.2, 0.25) is 0 Å². The number of nitrogens with zero attached hydrogens (tertiary/aromatic N) is 1. The number of halogens is 2. The molecule has 0 fully saturated rings. The maximum Gasteiger partial charge on any atom is 0.233 e. The Hall–Kier alpha value is -1.07. The number of hydrogen-bond donors (Lipinski definition) is 1. The van der Waals surface area contributed by atoms with Crippen molar-refractivity contribution >= 4 is 37.5 Å². The molecule has 0 atom stereocenters. The number of aromatic nitrogens is 1. The molecule has 1 aromatic carbocycles. The Balaban J connectivity index is 2.28. The molecule has 2 N–H and O–H groups in total. The standard InChI is InChI=1S/C13H12Br2N2O/c1-2-8-3-4-12(11(16)5-8)18-13-10(15)6-9(14)7-17-13/h3-7H,2,16H2,1H3. The van der Waals surface area contributed by atoms with Crippen LogP contribution in [-0.4, -0.2) is 4.98 Å². The highest BCUT2D eigenvalue weighted by Crippen LogP contribution is 2.32. The number of ether oxygens (including phenoxy) is 1. The summed E-state index contributed by atoms with van der Waals surface area (Å²) in [6.45, 7) is 2.09. The molecule has 3 nitrogen and oxygen atoms in total. The molecular weight excluding hydrogens is 360 g/mol. The first-order valence-corrected chi connectivity index (χ1v) is 7.06. The van der Waals surface area contributed by atoms with Crippen LogP contribution in [-0.2, 0) is 6.42 Å². The van der Waals surface area contributed by atoms with Crippen LogP contribution >= 0.6 is 31.9 Å². The number of pyridine rings is 1. The maximum atomic E-state index is 5.95. The summed E-state index contributed by atoms with van der Waals surface area (Å²) in [7, 11) is 0. The molecule has 94 valence electrons. The number of hydrogen-bond acceptors (Lipinski definition) is 3. The highest BCUT2D eigenvalue weighted by atomic mass is 79.9. The Kier molecular flexibility index (Phi) is 4.24. The van der Waals surface area contributed by atoms with Crippen molar-refractivity contribution < 1.29 is 4.74 Å². The molecule has 2 aromatic rings. The Morgan fingerprint density at radius 2 is 2.06 bits per heavy atom. The second kappa shape index (κ2) is 5.71. The van der Waals surface area contributed by atoms with Crippen molar-refractivity contribution in [1.29, 1.82) is 0 Å². The van der Waals surface area contributed by atoms with E-state index in [0.717, 1.165) is 15.4 Å². The number of benzene rings is 1. The molecule has 0 aliphatic carbocycles. The topological polar surface area (TPSA) is 48.1 Å². The fourth-order valence-electron chi connectivity index (χ4n) is 1.49. The number of nitrogen functional groups attached to an aromatic ring is 1. The summed E-state index contributed by atoms with van der Waals surface area (Å²) in [5, 5.41) is 0. The Bertz CT molecular complexity index is 573. The third-order valence-electron chi connectivity index (χ3n) is 2.46. The van der Waals surface area contributed by atoms with Gasteiger partial charge in [0.2, 0.25) is 5.88 Å². The smallest absolute Gasteiger partial charge is 0.233 e. The van der Waals surface area contributed by atoms with Crippen LogP contribution in [0.15, 0.2) is 39.4 Å². The van der Waals surface area contributed by atoms with E-state index in [4.69, 9.17) is 10.5 Å². The first-order chi connectivity index (χ1) is 8.60. The Labute approximate surface area is 123 Å². The molecule has 0 amide bonds. The number of aryl methyl sites for hydroxylation is 1. The quantitative estimate of drug-likeness (QED) is 0.805. The van der Waals surface area contributed by atoms with E-state index in [0.29, 0.717) is 17.3 Å². The van der Waals surface area contributed by atoms with Gasteiger partial charge in [0.25, 0.3) is 0 Å². The fraction of sp³-hybridized carbons (Fsp3) is 0.154. The van der Waals surface area contributed by atoms with E-state index in [9.17, 15) is 0 Å². The van der Waals surface area contributed by atoms with Crippen LogP contribution < -0.4 is 10.5 Å². The van der Waals surface area contributed by atoms with E-state index in [1.807, 2.05) is 24.3 Å². The molecule has 5 heteroatoms. The highest BCUT2D eigenvalue weighted by Gasteiger charge is 2.08. The molecule has 0 saturated carbocycles. The van der Waals surface area contributed by atoms with Crippen molar-refractivity contribution in [2.75, 3.05) is 5.73 Å². The molecule has 2 rings (SSSR count). The average molecular weight is 372 g/mol. The van der Waals surface area contributed by atoms with Gasteiger partial charge in [0.1, 0.15) is 0 Å². The van der Waals surface area contributed by atoms with E-state index in [1.54, 1.807) is 6.20 Å². The lowest BCUT2D eigenvalue weighted by molar-refractivity contribution is 0.461. The molecule has 1 aromatic heterocycles. The van der Waals surface area contributed by atoms with Gasteiger partial charge >= 0.3 is 0 Å². The van der Waals surface area contributed by atoms with Crippen molar-refractivity contribution in [3.63, 3.8) is 0 Å². The van der Waals surface area contributed by atoms with Gasteiger partial charge in [-0.2, -0.15) is 0 Å². The summed E-state index contributed by atoms with van der Waals surface area (Å²) in [4.78, 5) is 4.19. The van der Waals surface area contributed by atoms with E-state index < -0.39 is 0 Å². The minimum Gasteiger partial charge on any atom is -0.436 e.